The first kappa shape index (κ1) is 22.7. The number of rotatable bonds is 7. The van der Waals surface area contributed by atoms with Crippen LogP contribution in [0, 0.1) is 0 Å². The molecule has 0 radical (unpaired) electrons. The summed E-state index contributed by atoms with van der Waals surface area (Å²) in [6.45, 7) is 1.69. The minimum Gasteiger partial charge on any atom is -0.497 e. The molecule has 2 aromatic rings. The number of hydrogen-bond acceptors (Lipinski definition) is 7. The molecule has 168 valence electrons. The van der Waals surface area contributed by atoms with Gasteiger partial charge in [0.2, 0.25) is 5.75 Å². The Balaban J connectivity index is 2.18. The van der Waals surface area contributed by atoms with Crippen LogP contribution in [0.4, 0.5) is 5.69 Å². The normalized spacial score (nSPS) is 14.6. The standard InChI is InChI=1S/C24H25NO7/c1-14-21(24(27)32-6)18(23(26)25(14)16-8-7-9-17(13-16)28-2)10-15-11-19(29-3)22(31-5)20(12-15)30-4/h7-13H,1-6H3/b18-10-. The Bertz CT molecular complexity index is 1090. The number of benzene rings is 2. The zero-order valence-corrected chi connectivity index (χ0v) is 18.8. The van der Waals surface area contributed by atoms with E-state index in [1.165, 1.54) is 33.3 Å². The maximum Gasteiger partial charge on any atom is 0.340 e. The van der Waals surface area contributed by atoms with E-state index in [4.69, 9.17) is 23.7 Å². The van der Waals surface area contributed by atoms with Gasteiger partial charge in [-0.2, -0.15) is 0 Å². The number of carbonyl (C=O) groups excluding carboxylic acids is 2. The summed E-state index contributed by atoms with van der Waals surface area (Å²) in [5, 5.41) is 0. The van der Waals surface area contributed by atoms with Gasteiger partial charge in [-0.25, -0.2) is 4.79 Å². The first-order chi connectivity index (χ1) is 15.4. The molecule has 8 nitrogen and oxygen atoms in total. The predicted octanol–water partition coefficient (Wildman–Crippen LogP) is 3.60. The molecule has 0 saturated carbocycles. The molecule has 1 amide bonds. The molecule has 0 spiro atoms. The number of carbonyl (C=O) groups is 2. The molecule has 0 atom stereocenters. The average molecular weight is 439 g/mol. The van der Waals surface area contributed by atoms with Crippen molar-refractivity contribution < 1.29 is 33.3 Å². The molecule has 2 aromatic carbocycles. The smallest absolute Gasteiger partial charge is 0.340 e. The zero-order valence-electron chi connectivity index (χ0n) is 18.8. The van der Waals surface area contributed by atoms with E-state index in [9.17, 15) is 9.59 Å². The Kier molecular flexibility index (Phi) is 6.73. The topological polar surface area (TPSA) is 83.5 Å². The fraction of sp³-hybridized carbons (Fsp3) is 0.250. The van der Waals surface area contributed by atoms with Crippen molar-refractivity contribution in [2.24, 2.45) is 0 Å². The van der Waals surface area contributed by atoms with Crippen LogP contribution in [-0.2, 0) is 14.3 Å². The van der Waals surface area contributed by atoms with Crippen molar-refractivity contribution in [3.63, 3.8) is 0 Å². The number of esters is 1. The van der Waals surface area contributed by atoms with Gasteiger partial charge in [-0.1, -0.05) is 6.07 Å². The maximum atomic E-state index is 13.5. The molecule has 0 bridgehead atoms. The number of amides is 1. The molecular formula is C24H25NO7. The van der Waals surface area contributed by atoms with Crippen molar-refractivity contribution in [1.29, 1.82) is 0 Å². The maximum absolute atomic E-state index is 13.5. The molecule has 1 aliphatic rings. The minimum atomic E-state index is -0.611. The van der Waals surface area contributed by atoms with Gasteiger partial charge < -0.3 is 23.7 Å². The van der Waals surface area contributed by atoms with E-state index in [2.05, 4.69) is 0 Å². The van der Waals surface area contributed by atoms with Crippen molar-refractivity contribution in [2.75, 3.05) is 40.4 Å². The second kappa shape index (κ2) is 9.47. The lowest BCUT2D eigenvalue weighted by Crippen LogP contribution is -2.24. The quantitative estimate of drug-likeness (QED) is 0.481. The first-order valence-corrected chi connectivity index (χ1v) is 9.69. The molecule has 0 aliphatic carbocycles. The Labute approximate surface area is 186 Å². The fourth-order valence-electron chi connectivity index (χ4n) is 3.59. The molecule has 0 unspecified atom stereocenters. The number of ether oxygens (including phenoxy) is 5. The zero-order chi connectivity index (χ0) is 23.4. The molecule has 8 heteroatoms. The van der Waals surface area contributed by atoms with Crippen LogP contribution in [0.2, 0.25) is 0 Å². The van der Waals surface area contributed by atoms with Crippen LogP contribution in [0.5, 0.6) is 23.0 Å². The van der Waals surface area contributed by atoms with Crippen molar-refractivity contribution in [3.8, 4) is 23.0 Å². The minimum absolute atomic E-state index is 0.175. The van der Waals surface area contributed by atoms with Crippen LogP contribution in [-0.4, -0.2) is 47.4 Å². The lowest BCUT2D eigenvalue weighted by molar-refractivity contribution is -0.136. The second-order valence-corrected chi connectivity index (χ2v) is 6.81. The summed E-state index contributed by atoms with van der Waals surface area (Å²) in [6, 6.07) is 10.4. The largest absolute Gasteiger partial charge is 0.497 e. The molecule has 3 rings (SSSR count). The van der Waals surface area contributed by atoms with Crippen molar-refractivity contribution in [2.45, 2.75) is 6.92 Å². The highest BCUT2D eigenvalue weighted by Gasteiger charge is 2.38. The molecule has 1 aliphatic heterocycles. The third-order valence-electron chi connectivity index (χ3n) is 5.10. The van der Waals surface area contributed by atoms with Crippen LogP contribution in [0.3, 0.4) is 0 Å². The van der Waals surface area contributed by atoms with E-state index in [0.717, 1.165) is 0 Å². The van der Waals surface area contributed by atoms with Crippen molar-refractivity contribution in [1.82, 2.24) is 0 Å². The fourth-order valence-corrected chi connectivity index (χ4v) is 3.59. The number of nitrogens with zero attached hydrogens (tertiary/aromatic N) is 1. The van der Waals surface area contributed by atoms with Crippen LogP contribution in [0.15, 0.2) is 53.2 Å². The highest BCUT2D eigenvalue weighted by Crippen LogP contribution is 2.41. The molecule has 1 heterocycles. The monoisotopic (exact) mass is 439 g/mol. The Morgan fingerprint density at radius 1 is 0.906 bits per heavy atom. The number of anilines is 1. The molecule has 32 heavy (non-hydrogen) atoms. The number of hydrogen-bond donors (Lipinski definition) is 0. The van der Waals surface area contributed by atoms with Gasteiger partial charge in [0.15, 0.2) is 11.5 Å². The van der Waals surface area contributed by atoms with E-state index < -0.39 is 5.97 Å². The summed E-state index contributed by atoms with van der Waals surface area (Å²) in [4.78, 5) is 27.5. The molecular weight excluding hydrogens is 414 g/mol. The predicted molar refractivity (Wildman–Crippen MR) is 119 cm³/mol. The van der Waals surface area contributed by atoms with Gasteiger partial charge in [0, 0.05) is 11.8 Å². The van der Waals surface area contributed by atoms with Crippen molar-refractivity contribution in [3.05, 3.63) is 58.8 Å². The van der Waals surface area contributed by atoms with Gasteiger partial charge in [0.1, 0.15) is 5.75 Å². The summed E-state index contributed by atoms with van der Waals surface area (Å²) >= 11 is 0. The van der Waals surface area contributed by atoms with Crippen LogP contribution < -0.4 is 23.8 Å². The van der Waals surface area contributed by atoms with Crippen LogP contribution in [0.1, 0.15) is 12.5 Å². The van der Waals surface area contributed by atoms with E-state index in [-0.39, 0.29) is 17.1 Å². The highest BCUT2D eigenvalue weighted by atomic mass is 16.5. The summed E-state index contributed by atoms with van der Waals surface area (Å²) in [5.41, 5.74) is 1.97. The first-order valence-electron chi connectivity index (χ1n) is 9.69. The van der Waals surface area contributed by atoms with Crippen LogP contribution in [0.25, 0.3) is 6.08 Å². The summed E-state index contributed by atoms with van der Waals surface area (Å²) < 4.78 is 26.4. The third-order valence-corrected chi connectivity index (χ3v) is 5.10. The highest BCUT2D eigenvalue weighted by molar-refractivity contribution is 6.23. The van der Waals surface area contributed by atoms with E-state index >= 15 is 0 Å². The third kappa shape index (κ3) is 3.99. The summed E-state index contributed by atoms with van der Waals surface area (Å²) in [7, 11) is 7.33. The van der Waals surface area contributed by atoms with Gasteiger partial charge in [-0.15, -0.1) is 0 Å². The SMILES string of the molecule is COC(=O)C1=C(C)N(c2cccc(OC)c2)C(=O)/C1=C\c1cc(OC)c(OC)c(OC)c1. The molecule has 0 fully saturated rings. The lowest BCUT2D eigenvalue weighted by atomic mass is 10.0. The summed E-state index contributed by atoms with van der Waals surface area (Å²) in [5.74, 6) is 0.880. The Hall–Kier alpha value is -3.94. The van der Waals surface area contributed by atoms with Gasteiger partial charge >= 0.3 is 5.97 Å². The summed E-state index contributed by atoms with van der Waals surface area (Å²) in [6.07, 6.45) is 1.60. The van der Waals surface area contributed by atoms with E-state index in [1.54, 1.807) is 56.5 Å². The molecule has 0 aromatic heterocycles. The van der Waals surface area contributed by atoms with Gasteiger partial charge in [-0.05, 0) is 42.8 Å². The van der Waals surface area contributed by atoms with E-state index in [1.807, 2.05) is 0 Å². The molecule has 0 N–H and O–H groups in total. The lowest BCUT2D eigenvalue weighted by Gasteiger charge is -2.18. The van der Waals surface area contributed by atoms with Crippen LogP contribution >= 0.6 is 0 Å². The number of allylic oxidation sites excluding steroid dienone is 1. The van der Waals surface area contributed by atoms with Gasteiger partial charge in [0.05, 0.1) is 52.4 Å². The Morgan fingerprint density at radius 3 is 2.09 bits per heavy atom. The number of methoxy groups -OCH3 is 5. The Morgan fingerprint density at radius 2 is 1.56 bits per heavy atom. The van der Waals surface area contributed by atoms with Gasteiger partial charge in [0.25, 0.3) is 5.91 Å². The van der Waals surface area contributed by atoms with E-state index in [0.29, 0.717) is 39.9 Å². The second-order valence-electron chi connectivity index (χ2n) is 6.81. The average Bonchev–Trinajstić information content (AvgIpc) is 3.06. The van der Waals surface area contributed by atoms with Gasteiger partial charge in [-0.3, -0.25) is 9.69 Å². The van der Waals surface area contributed by atoms with Crippen molar-refractivity contribution >= 4 is 23.6 Å². The molecule has 0 saturated heterocycles.